The van der Waals surface area contributed by atoms with Crippen molar-refractivity contribution in [1.29, 1.82) is 0 Å². The fraction of sp³-hybridized carbons (Fsp3) is 0.286. The minimum Gasteiger partial charge on any atom is -0.354 e. The third-order valence-electron chi connectivity index (χ3n) is 2.69. The van der Waals surface area contributed by atoms with Crippen molar-refractivity contribution in [1.82, 2.24) is 9.88 Å². The molecule has 0 atom stereocenters. The molecule has 4 nitrogen and oxygen atoms in total. The highest BCUT2D eigenvalue weighted by molar-refractivity contribution is 7.14. The van der Waals surface area contributed by atoms with Crippen LogP contribution in [-0.2, 0) is 0 Å². The van der Waals surface area contributed by atoms with E-state index in [1.807, 2.05) is 48.6 Å². The molecule has 0 fully saturated rings. The van der Waals surface area contributed by atoms with Crippen LogP contribution in [0.2, 0.25) is 0 Å². The van der Waals surface area contributed by atoms with E-state index in [4.69, 9.17) is 0 Å². The molecule has 0 saturated carbocycles. The summed E-state index contributed by atoms with van der Waals surface area (Å²) in [7, 11) is 7.44. The van der Waals surface area contributed by atoms with Crippen LogP contribution in [0.25, 0.3) is 11.3 Å². The van der Waals surface area contributed by atoms with Crippen LogP contribution in [0, 0.1) is 0 Å². The van der Waals surface area contributed by atoms with Crippen LogP contribution in [0.1, 0.15) is 10.4 Å². The van der Waals surface area contributed by atoms with Gasteiger partial charge in [0.05, 0.1) is 5.69 Å². The third-order valence-corrected chi connectivity index (χ3v) is 3.69. The largest absolute Gasteiger partial charge is 0.354 e. The Bertz CT molecular complexity index is 590. The van der Waals surface area contributed by atoms with E-state index in [2.05, 4.69) is 4.98 Å². The first-order chi connectivity index (χ1) is 8.99. The summed E-state index contributed by atoms with van der Waals surface area (Å²) in [6, 6.07) is 7.57. The number of nitrogens with zero attached hydrogens (tertiary/aromatic N) is 3. The average Bonchev–Trinajstić information content (AvgIpc) is 2.87. The number of carbonyl (C=O) groups is 1. The van der Waals surface area contributed by atoms with E-state index >= 15 is 0 Å². The molecule has 0 bridgehead atoms. The molecule has 1 heterocycles. The van der Waals surface area contributed by atoms with Crippen molar-refractivity contribution in [2.24, 2.45) is 0 Å². The van der Waals surface area contributed by atoms with Gasteiger partial charge in [-0.25, -0.2) is 4.98 Å². The summed E-state index contributed by atoms with van der Waals surface area (Å²) in [6.45, 7) is 0. The number of rotatable bonds is 3. The normalized spacial score (nSPS) is 10.3. The summed E-state index contributed by atoms with van der Waals surface area (Å²) < 4.78 is 0. The van der Waals surface area contributed by atoms with Crippen LogP contribution in [0.4, 0.5) is 5.13 Å². The average molecular weight is 275 g/mol. The molecule has 5 heteroatoms. The predicted octanol–water partition coefficient (Wildman–Crippen LogP) is 2.58. The lowest BCUT2D eigenvalue weighted by Crippen LogP contribution is -2.21. The molecule has 100 valence electrons. The van der Waals surface area contributed by atoms with Gasteiger partial charge in [-0.2, -0.15) is 0 Å². The van der Waals surface area contributed by atoms with E-state index in [-0.39, 0.29) is 5.91 Å². The van der Waals surface area contributed by atoms with E-state index in [1.165, 1.54) is 0 Å². The number of anilines is 1. The van der Waals surface area contributed by atoms with Crippen molar-refractivity contribution in [2.45, 2.75) is 0 Å². The Morgan fingerprint density at radius 2 is 1.95 bits per heavy atom. The Hall–Kier alpha value is -1.88. The van der Waals surface area contributed by atoms with Gasteiger partial charge >= 0.3 is 0 Å². The number of hydrogen-bond acceptors (Lipinski definition) is 4. The Morgan fingerprint density at radius 1 is 1.21 bits per heavy atom. The monoisotopic (exact) mass is 275 g/mol. The lowest BCUT2D eigenvalue weighted by atomic mass is 10.1. The molecule has 0 aliphatic carbocycles. The summed E-state index contributed by atoms with van der Waals surface area (Å²) >= 11 is 1.59. The molecule has 1 amide bonds. The second-order valence-corrected chi connectivity index (χ2v) is 5.53. The number of thiazole rings is 1. The highest BCUT2D eigenvalue weighted by atomic mass is 32.1. The van der Waals surface area contributed by atoms with E-state index in [0.717, 1.165) is 16.4 Å². The maximum absolute atomic E-state index is 11.9. The highest BCUT2D eigenvalue weighted by Crippen LogP contribution is 2.26. The third kappa shape index (κ3) is 2.93. The second-order valence-electron chi connectivity index (χ2n) is 4.69. The van der Waals surface area contributed by atoms with Crippen molar-refractivity contribution in [2.75, 3.05) is 33.1 Å². The van der Waals surface area contributed by atoms with E-state index in [0.29, 0.717) is 5.56 Å². The smallest absolute Gasteiger partial charge is 0.253 e. The fourth-order valence-electron chi connectivity index (χ4n) is 1.67. The lowest BCUT2D eigenvalue weighted by molar-refractivity contribution is 0.0827. The van der Waals surface area contributed by atoms with Gasteiger partial charge in [0, 0.05) is 44.7 Å². The Balaban J connectivity index is 2.35. The predicted molar refractivity (Wildman–Crippen MR) is 79.9 cm³/mol. The van der Waals surface area contributed by atoms with Gasteiger partial charge in [-0.15, -0.1) is 11.3 Å². The van der Waals surface area contributed by atoms with Gasteiger partial charge in [-0.3, -0.25) is 4.79 Å². The molecule has 2 rings (SSSR count). The summed E-state index contributed by atoms with van der Waals surface area (Å²) in [4.78, 5) is 20.0. The zero-order valence-corrected chi connectivity index (χ0v) is 12.4. The maximum atomic E-state index is 11.9. The molecule has 0 unspecified atom stereocenters. The first kappa shape index (κ1) is 13.5. The Labute approximate surface area is 117 Å². The fourth-order valence-corrected chi connectivity index (χ4v) is 2.44. The first-order valence-electron chi connectivity index (χ1n) is 5.94. The number of hydrogen-bond donors (Lipinski definition) is 0. The van der Waals surface area contributed by atoms with E-state index in [9.17, 15) is 4.79 Å². The standard InChI is InChI=1S/C14H17N3OS/c1-16(2)13(18)11-7-5-6-10(8-11)12-9-19-14(15-12)17(3)4/h5-9H,1-4H3. The van der Waals surface area contributed by atoms with Crippen LogP contribution in [0.5, 0.6) is 0 Å². The maximum Gasteiger partial charge on any atom is 0.253 e. The van der Waals surface area contributed by atoms with Crippen molar-refractivity contribution in [3.8, 4) is 11.3 Å². The van der Waals surface area contributed by atoms with Gasteiger partial charge in [0.25, 0.3) is 5.91 Å². The Kier molecular flexibility index (Phi) is 3.85. The molecule has 0 aliphatic rings. The van der Waals surface area contributed by atoms with Gasteiger partial charge in [0.1, 0.15) is 0 Å². The molecule has 2 aromatic rings. The lowest BCUT2D eigenvalue weighted by Gasteiger charge is -2.10. The van der Waals surface area contributed by atoms with E-state index in [1.54, 1.807) is 30.3 Å². The van der Waals surface area contributed by atoms with Gasteiger partial charge in [-0.1, -0.05) is 12.1 Å². The molecule has 0 N–H and O–H groups in total. The first-order valence-corrected chi connectivity index (χ1v) is 6.82. The summed E-state index contributed by atoms with van der Waals surface area (Å²) in [5, 5.41) is 2.97. The van der Waals surface area contributed by atoms with Gasteiger partial charge < -0.3 is 9.80 Å². The minimum atomic E-state index is 0.00455. The molecule has 1 aromatic heterocycles. The van der Waals surface area contributed by atoms with Gasteiger partial charge in [-0.05, 0) is 12.1 Å². The quantitative estimate of drug-likeness (QED) is 0.864. The number of carbonyl (C=O) groups excluding carboxylic acids is 1. The summed E-state index contributed by atoms with van der Waals surface area (Å²) in [5.41, 5.74) is 2.56. The van der Waals surface area contributed by atoms with Crippen LogP contribution in [-0.4, -0.2) is 44.0 Å². The van der Waals surface area contributed by atoms with Crippen LogP contribution >= 0.6 is 11.3 Å². The number of amides is 1. The van der Waals surface area contributed by atoms with Crippen molar-refractivity contribution in [3.63, 3.8) is 0 Å². The molecule has 0 radical (unpaired) electrons. The topological polar surface area (TPSA) is 36.4 Å². The zero-order valence-electron chi connectivity index (χ0n) is 11.5. The highest BCUT2D eigenvalue weighted by Gasteiger charge is 2.11. The summed E-state index contributed by atoms with van der Waals surface area (Å²) in [5.74, 6) is 0.00455. The van der Waals surface area contributed by atoms with E-state index < -0.39 is 0 Å². The van der Waals surface area contributed by atoms with Crippen LogP contribution < -0.4 is 4.90 Å². The molecule has 0 saturated heterocycles. The Morgan fingerprint density at radius 3 is 2.53 bits per heavy atom. The molecular formula is C14H17N3OS. The van der Waals surface area contributed by atoms with Gasteiger partial charge in [0.15, 0.2) is 5.13 Å². The summed E-state index contributed by atoms with van der Waals surface area (Å²) in [6.07, 6.45) is 0. The molecular weight excluding hydrogens is 258 g/mol. The number of aromatic nitrogens is 1. The van der Waals surface area contributed by atoms with Gasteiger partial charge in [0.2, 0.25) is 0 Å². The molecule has 1 aromatic carbocycles. The number of benzene rings is 1. The van der Waals surface area contributed by atoms with Crippen LogP contribution in [0.3, 0.4) is 0 Å². The van der Waals surface area contributed by atoms with Crippen LogP contribution in [0.15, 0.2) is 29.6 Å². The van der Waals surface area contributed by atoms with Crippen molar-refractivity contribution in [3.05, 3.63) is 35.2 Å². The van der Waals surface area contributed by atoms with Crippen molar-refractivity contribution < 1.29 is 4.79 Å². The molecule has 19 heavy (non-hydrogen) atoms. The minimum absolute atomic E-state index is 0.00455. The zero-order chi connectivity index (χ0) is 14.0. The SMILES string of the molecule is CN(C)C(=O)c1cccc(-c2csc(N(C)C)n2)c1. The second kappa shape index (κ2) is 5.40. The molecule has 0 aliphatic heterocycles. The van der Waals surface area contributed by atoms with Crippen molar-refractivity contribution >= 4 is 22.4 Å². The molecule has 0 spiro atoms.